The maximum Gasteiger partial charge on any atom is 0.253 e. The van der Waals surface area contributed by atoms with Gasteiger partial charge in [0.2, 0.25) is 0 Å². The van der Waals surface area contributed by atoms with E-state index in [1.807, 2.05) is 24.3 Å². The van der Waals surface area contributed by atoms with E-state index in [1.54, 1.807) is 26.0 Å². The summed E-state index contributed by atoms with van der Waals surface area (Å²) in [5.74, 6) is 0.773. The number of halogens is 1. The molecule has 156 valence electrons. The molecule has 0 aliphatic carbocycles. The lowest BCUT2D eigenvalue weighted by Gasteiger charge is -2.35. The van der Waals surface area contributed by atoms with Crippen molar-refractivity contribution in [2.45, 2.75) is 31.5 Å². The van der Waals surface area contributed by atoms with Gasteiger partial charge in [0.05, 0.1) is 12.7 Å². The van der Waals surface area contributed by atoms with Crippen LogP contribution in [0.15, 0.2) is 29.3 Å². The van der Waals surface area contributed by atoms with Gasteiger partial charge < -0.3 is 20.3 Å². The van der Waals surface area contributed by atoms with Crippen LogP contribution in [0.3, 0.4) is 0 Å². The highest BCUT2D eigenvalue weighted by molar-refractivity contribution is 14.0. The van der Waals surface area contributed by atoms with E-state index in [0.29, 0.717) is 18.2 Å². The molecule has 2 aliphatic heterocycles. The van der Waals surface area contributed by atoms with Crippen LogP contribution in [0.2, 0.25) is 0 Å². The average Bonchev–Trinajstić information content (AvgIpc) is 3.15. The Morgan fingerprint density at radius 1 is 1.29 bits per heavy atom. The summed E-state index contributed by atoms with van der Waals surface area (Å²) in [7, 11) is 5.28. The van der Waals surface area contributed by atoms with Crippen molar-refractivity contribution in [1.29, 1.82) is 0 Å². The first kappa shape index (κ1) is 22.9. The topological polar surface area (TPSA) is 69.2 Å². The van der Waals surface area contributed by atoms with Crippen LogP contribution in [0.4, 0.5) is 0 Å². The lowest BCUT2D eigenvalue weighted by atomic mass is 10.1. The van der Waals surface area contributed by atoms with Crippen LogP contribution in [0.25, 0.3) is 0 Å². The number of carbonyl (C=O) groups is 1. The molecule has 1 aromatic carbocycles. The summed E-state index contributed by atoms with van der Waals surface area (Å²) in [6, 6.07) is 8.28. The standard InChI is InChI=1S/C20H31N5O2.HI/c1-21-20(23-12-18-13-25-10-4-5-17(25)14-27-18)22-11-15-6-8-16(9-7-15)19(26)24(2)3;/h6-9,17-18H,4-5,10-14H2,1-3H3,(H2,21,22,23);1H. The highest BCUT2D eigenvalue weighted by Gasteiger charge is 2.32. The van der Waals surface area contributed by atoms with Gasteiger partial charge >= 0.3 is 0 Å². The van der Waals surface area contributed by atoms with E-state index in [9.17, 15) is 4.79 Å². The Bertz CT molecular complexity index is 665. The second-order valence-corrected chi connectivity index (χ2v) is 7.45. The lowest BCUT2D eigenvalue weighted by Crippen LogP contribution is -2.51. The van der Waals surface area contributed by atoms with Gasteiger partial charge in [-0.15, -0.1) is 24.0 Å². The van der Waals surface area contributed by atoms with Crippen molar-refractivity contribution in [3.63, 3.8) is 0 Å². The van der Waals surface area contributed by atoms with Gasteiger partial charge in [-0.1, -0.05) is 12.1 Å². The molecule has 2 aliphatic rings. The van der Waals surface area contributed by atoms with Gasteiger partial charge in [-0.2, -0.15) is 0 Å². The van der Waals surface area contributed by atoms with Crippen LogP contribution in [0.5, 0.6) is 0 Å². The third-order valence-corrected chi connectivity index (χ3v) is 5.25. The predicted molar refractivity (Wildman–Crippen MR) is 122 cm³/mol. The number of morpholine rings is 1. The van der Waals surface area contributed by atoms with Crippen LogP contribution >= 0.6 is 24.0 Å². The van der Waals surface area contributed by atoms with Crippen LogP contribution in [-0.4, -0.2) is 81.2 Å². The number of nitrogens with one attached hydrogen (secondary N) is 2. The van der Waals surface area contributed by atoms with Crippen molar-refractivity contribution < 1.29 is 9.53 Å². The normalized spacial score (nSPS) is 22.2. The minimum atomic E-state index is 0. The van der Waals surface area contributed by atoms with Crippen LogP contribution in [-0.2, 0) is 11.3 Å². The SMILES string of the molecule is CN=C(NCc1ccc(C(=O)N(C)C)cc1)NCC1CN2CCCC2CO1.I. The first-order chi connectivity index (χ1) is 13.1. The van der Waals surface area contributed by atoms with E-state index in [0.717, 1.165) is 31.2 Å². The smallest absolute Gasteiger partial charge is 0.253 e. The monoisotopic (exact) mass is 501 g/mol. The van der Waals surface area contributed by atoms with Crippen LogP contribution in [0.1, 0.15) is 28.8 Å². The lowest BCUT2D eigenvalue weighted by molar-refractivity contribution is -0.0453. The Kier molecular flexibility index (Phi) is 8.97. The molecule has 2 fully saturated rings. The van der Waals surface area contributed by atoms with Crippen LogP contribution < -0.4 is 10.6 Å². The zero-order valence-electron chi connectivity index (χ0n) is 17.0. The highest BCUT2D eigenvalue weighted by Crippen LogP contribution is 2.22. The molecule has 3 rings (SSSR count). The summed E-state index contributed by atoms with van der Waals surface area (Å²) in [5.41, 5.74) is 1.79. The molecule has 0 spiro atoms. The number of nitrogens with zero attached hydrogens (tertiary/aromatic N) is 3. The zero-order valence-corrected chi connectivity index (χ0v) is 19.3. The van der Waals surface area contributed by atoms with Crippen molar-refractivity contribution in [2.75, 3.05) is 47.4 Å². The van der Waals surface area contributed by atoms with Crippen molar-refractivity contribution in [3.05, 3.63) is 35.4 Å². The molecule has 2 unspecified atom stereocenters. The third-order valence-electron chi connectivity index (χ3n) is 5.25. The van der Waals surface area contributed by atoms with Gasteiger partial charge in [-0.25, -0.2) is 0 Å². The molecule has 28 heavy (non-hydrogen) atoms. The molecule has 0 bridgehead atoms. The summed E-state index contributed by atoms with van der Waals surface area (Å²) >= 11 is 0. The maximum atomic E-state index is 11.9. The largest absolute Gasteiger partial charge is 0.373 e. The average molecular weight is 501 g/mol. The Hall–Kier alpha value is -1.39. The number of hydrogen-bond acceptors (Lipinski definition) is 4. The Balaban J connectivity index is 0.00000280. The van der Waals surface area contributed by atoms with Crippen molar-refractivity contribution in [2.24, 2.45) is 4.99 Å². The quantitative estimate of drug-likeness (QED) is 0.364. The highest BCUT2D eigenvalue weighted by atomic mass is 127. The fourth-order valence-corrected chi connectivity index (χ4v) is 3.65. The van der Waals surface area contributed by atoms with E-state index < -0.39 is 0 Å². The molecule has 0 aromatic heterocycles. The van der Waals surface area contributed by atoms with Crippen molar-refractivity contribution >= 4 is 35.8 Å². The van der Waals surface area contributed by atoms with E-state index in [-0.39, 0.29) is 36.0 Å². The number of ether oxygens (including phenoxy) is 1. The summed E-state index contributed by atoms with van der Waals surface area (Å²) < 4.78 is 5.98. The van der Waals surface area contributed by atoms with Gasteiger partial charge in [0.1, 0.15) is 0 Å². The number of aliphatic imine (C=N–C) groups is 1. The number of guanidine groups is 1. The number of carbonyl (C=O) groups excluding carboxylic acids is 1. The number of rotatable bonds is 5. The third kappa shape index (κ3) is 6.05. The molecule has 7 nitrogen and oxygen atoms in total. The molecule has 2 N–H and O–H groups in total. The fourth-order valence-electron chi connectivity index (χ4n) is 3.65. The van der Waals surface area contributed by atoms with E-state index in [2.05, 4.69) is 20.5 Å². The van der Waals surface area contributed by atoms with Gasteiger partial charge in [0.25, 0.3) is 5.91 Å². The summed E-state index contributed by atoms with van der Waals surface area (Å²) in [5, 5.41) is 6.68. The molecule has 8 heteroatoms. The van der Waals surface area contributed by atoms with Gasteiger partial charge in [-0.3, -0.25) is 14.7 Å². The molecule has 1 amide bonds. The van der Waals surface area contributed by atoms with E-state index >= 15 is 0 Å². The Morgan fingerprint density at radius 3 is 2.71 bits per heavy atom. The van der Waals surface area contributed by atoms with Gasteiger partial charge in [-0.05, 0) is 37.1 Å². The predicted octanol–water partition coefficient (Wildman–Crippen LogP) is 1.53. The summed E-state index contributed by atoms with van der Waals surface area (Å²) in [6.07, 6.45) is 2.76. The second-order valence-electron chi connectivity index (χ2n) is 7.45. The first-order valence-corrected chi connectivity index (χ1v) is 9.67. The molecule has 2 heterocycles. The van der Waals surface area contributed by atoms with Crippen molar-refractivity contribution in [1.82, 2.24) is 20.4 Å². The maximum absolute atomic E-state index is 11.9. The summed E-state index contributed by atoms with van der Waals surface area (Å²) in [6.45, 7) is 4.44. The fraction of sp³-hybridized carbons (Fsp3) is 0.600. The zero-order chi connectivity index (χ0) is 19.2. The molecule has 2 atom stereocenters. The minimum absolute atomic E-state index is 0. The number of hydrogen-bond donors (Lipinski definition) is 2. The van der Waals surface area contributed by atoms with Crippen molar-refractivity contribution in [3.8, 4) is 0 Å². The molecule has 1 aromatic rings. The van der Waals surface area contributed by atoms with Gasteiger partial charge in [0.15, 0.2) is 5.96 Å². The minimum Gasteiger partial charge on any atom is -0.373 e. The molecular weight excluding hydrogens is 469 g/mol. The van der Waals surface area contributed by atoms with E-state index in [1.165, 1.54) is 19.4 Å². The number of amides is 1. The Morgan fingerprint density at radius 2 is 2.04 bits per heavy atom. The second kappa shape index (κ2) is 11.0. The Labute approximate surface area is 184 Å². The number of benzene rings is 1. The summed E-state index contributed by atoms with van der Waals surface area (Å²) in [4.78, 5) is 20.4. The van der Waals surface area contributed by atoms with E-state index in [4.69, 9.17) is 4.74 Å². The molecule has 2 saturated heterocycles. The molecular formula is C20H32IN5O2. The molecule has 0 saturated carbocycles. The molecule has 0 radical (unpaired) electrons. The van der Waals surface area contributed by atoms with Crippen LogP contribution in [0, 0.1) is 0 Å². The first-order valence-electron chi connectivity index (χ1n) is 9.67. The number of fused-ring (bicyclic) bond motifs is 1. The van der Waals surface area contributed by atoms with Gasteiger partial charge in [0, 0.05) is 52.4 Å².